The van der Waals surface area contributed by atoms with Crippen molar-refractivity contribution in [3.63, 3.8) is 0 Å². The maximum atomic E-state index is 6.42. The number of ether oxygens (including phenoxy) is 1. The molecule has 1 aromatic carbocycles. The van der Waals surface area contributed by atoms with Gasteiger partial charge in [-0.25, -0.2) is 0 Å². The van der Waals surface area contributed by atoms with Crippen LogP contribution in [0.1, 0.15) is 37.2 Å². The molecule has 0 N–H and O–H groups in total. The third-order valence-corrected chi connectivity index (χ3v) is 5.91. The van der Waals surface area contributed by atoms with E-state index in [1.807, 2.05) is 18.2 Å². The van der Waals surface area contributed by atoms with Crippen LogP contribution in [0, 0.1) is 0 Å². The summed E-state index contributed by atoms with van der Waals surface area (Å²) in [5.74, 6) is 0.838. The smallest absolute Gasteiger partial charge is 0.175 e. The molecule has 1 saturated heterocycles. The fourth-order valence-corrected chi connectivity index (χ4v) is 4.34. The van der Waals surface area contributed by atoms with Gasteiger partial charge in [-0.15, -0.1) is 11.3 Å². The van der Waals surface area contributed by atoms with Gasteiger partial charge in [-0.2, -0.15) is 0 Å². The summed E-state index contributed by atoms with van der Waals surface area (Å²) in [7, 11) is 0. The van der Waals surface area contributed by atoms with E-state index in [2.05, 4.69) is 35.4 Å². The minimum Gasteiger partial charge on any atom is -0.481 e. The highest BCUT2D eigenvalue weighted by Crippen LogP contribution is 2.33. The largest absolute Gasteiger partial charge is 0.481 e. The second-order valence-corrected chi connectivity index (χ2v) is 7.51. The first-order chi connectivity index (χ1) is 11.8. The maximum Gasteiger partial charge on any atom is 0.175 e. The van der Waals surface area contributed by atoms with Crippen LogP contribution in [0.2, 0.25) is 0 Å². The Balaban J connectivity index is 1.53. The lowest BCUT2D eigenvalue weighted by Gasteiger charge is -2.24. The number of hydrogen-bond donors (Lipinski definition) is 0. The van der Waals surface area contributed by atoms with Crippen molar-refractivity contribution >= 4 is 22.3 Å². The lowest BCUT2D eigenvalue weighted by Crippen LogP contribution is -2.29. The second kappa shape index (κ2) is 6.99. The van der Waals surface area contributed by atoms with Gasteiger partial charge in [-0.3, -0.25) is 0 Å². The first-order valence-corrected chi connectivity index (χ1v) is 9.59. The first kappa shape index (κ1) is 15.7. The van der Waals surface area contributed by atoms with Gasteiger partial charge in [-0.1, -0.05) is 18.2 Å². The van der Waals surface area contributed by atoms with Gasteiger partial charge < -0.3 is 14.1 Å². The number of para-hydroxylation sites is 1. The van der Waals surface area contributed by atoms with Crippen molar-refractivity contribution in [2.24, 2.45) is 0 Å². The molecule has 24 heavy (non-hydrogen) atoms. The maximum absolute atomic E-state index is 6.42. The van der Waals surface area contributed by atoms with Crippen LogP contribution in [-0.2, 0) is 0 Å². The van der Waals surface area contributed by atoms with Crippen molar-refractivity contribution in [2.45, 2.75) is 38.3 Å². The summed E-state index contributed by atoms with van der Waals surface area (Å²) in [5.41, 5.74) is 0.841. The van der Waals surface area contributed by atoms with E-state index in [1.54, 1.807) is 17.6 Å². The number of benzene rings is 1. The molecule has 0 unspecified atom stereocenters. The normalized spacial score (nSPS) is 19.8. The zero-order valence-electron chi connectivity index (χ0n) is 14.0. The summed E-state index contributed by atoms with van der Waals surface area (Å²) in [6, 6.07) is 13.0. The number of likely N-dealkylation sites (tertiary alicyclic amines) is 1. The zero-order chi connectivity index (χ0) is 16.4. The fraction of sp³-hybridized carbons (Fsp3) is 0.400. The molecule has 3 aromatic rings. The molecule has 0 radical (unpaired) electrons. The van der Waals surface area contributed by atoms with Crippen LogP contribution in [0.4, 0.5) is 0 Å². The predicted molar refractivity (Wildman–Crippen MR) is 98.8 cm³/mol. The topological polar surface area (TPSA) is 25.6 Å². The molecule has 1 aliphatic heterocycles. The van der Waals surface area contributed by atoms with E-state index < -0.39 is 0 Å². The summed E-state index contributed by atoms with van der Waals surface area (Å²) in [4.78, 5) is 3.86. The van der Waals surface area contributed by atoms with Crippen molar-refractivity contribution < 1.29 is 9.15 Å². The quantitative estimate of drug-likeness (QED) is 0.593. The highest BCUT2D eigenvalue weighted by atomic mass is 32.1. The number of rotatable bonds is 6. The number of nitrogens with zero attached hydrogens (tertiary/aromatic N) is 1. The summed E-state index contributed by atoms with van der Waals surface area (Å²) in [5, 5.41) is 3.21. The first-order valence-electron chi connectivity index (χ1n) is 8.71. The van der Waals surface area contributed by atoms with Crippen LogP contribution >= 0.6 is 11.3 Å². The van der Waals surface area contributed by atoms with Gasteiger partial charge in [0.1, 0.15) is 6.10 Å². The van der Waals surface area contributed by atoms with Crippen molar-refractivity contribution in [1.29, 1.82) is 0 Å². The molecule has 3 nitrogen and oxygen atoms in total. The molecule has 2 aromatic heterocycles. The van der Waals surface area contributed by atoms with Gasteiger partial charge in [0.25, 0.3) is 0 Å². The Kier molecular flexibility index (Phi) is 4.58. The Morgan fingerprint density at radius 3 is 3.04 bits per heavy atom. The van der Waals surface area contributed by atoms with Gasteiger partial charge >= 0.3 is 0 Å². The Bertz CT molecular complexity index is 780. The lowest BCUT2D eigenvalue weighted by atomic mass is 10.2. The van der Waals surface area contributed by atoms with E-state index in [4.69, 9.17) is 9.15 Å². The Hall–Kier alpha value is -1.78. The molecule has 3 heterocycles. The van der Waals surface area contributed by atoms with E-state index in [-0.39, 0.29) is 6.10 Å². The minimum atomic E-state index is 0.0773. The minimum absolute atomic E-state index is 0.0773. The predicted octanol–water partition coefficient (Wildman–Crippen LogP) is 5.49. The van der Waals surface area contributed by atoms with E-state index in [0.717, 1.165) is 29.7 Å². The molecule has 4 heteroatoms. The monoisotopic (exact) mass is 341 g/mol. The van der Waals surface area contributed by atoms with Crippen molar-refractivity contribution in [1.82, 2.24) is 4.90 Å². The molecule has 1 fully saturated rings. The van der Waals surface area contributed by atoms with Crippen LogP contribution in [0.25, 0.3) is 11.0 Å². The average molecular weight is 341 g/mol. The van der Waals surface area contributed by atoms with Crippen LogP contribution in [0.5, 0.6) is 5.75 Å². The van der Waals surface area contributed by atoms with Crippen molar-refractivity contribution in [3.8, 4) is 5.75 Å². The Morgan fingerprint density at radius 1 is 1.29 bits per heavy atom. The molecule has 126 valence electrons. The van der Waals surface area contributed by atoms with Gasteiger partial charge in [-0.05, 0) is 49.9 Å². The molecule has 4 rings (SSSR count). The second-order valence-electron chi connectivity index (χ2n) is 6.53. The van der Waals surface area contributed by atoms with Gasteiger partial charge in [0.2, 0.25) is 0 Å². The van der Waals surface area contributed by atoms with Crippen LogP contribution in [0.15, 0.2) is 52.5 Å². The van der Waals surface area contributed by atoms with E-state index >= 15 is 0 Å². The van der Waals surface area contributed by atoms with Crippen LogP contribution in [-0.4, -0.2) is 24.0 Å². The number of hydrogen-bond acceptors (Lipinski definition) is 4. The third-order valence-electron chi connectivity index (χ3n) is 4.94. The summed E-state index contributed by atoms with van der Waals surface area (Å²) in [6.45, 7) is 4.63. The van der Waals surface area contributed by atoms with Gasteiger partial charge in [0, 0.05) is 29.3 Å². The summed E-state index contributed by atoms with van der Waals surface area (Å²) in [6.07, 6.45) is 5.44. The van der Waals surface area contributed by atoms with E-state index in [1.165, 1.54) is 24.3 Å². The summed E-state index contributed by atoms with van der Waals surface area (Å²) >= 11 is 1.77. The molecule has 2 atom stereocenters. The SMILES string of the molecule is C[C@H]1CCCN1CC[C@H](Oc1cccc2ccoc12)c1cccs1. The van der Waals surface area contributed by atoms with E-state index in [0.29, 0.717) is 6.04 Å². The standard InChI is InChI=1S/C20H23NO2S/c1-15-5-3-11-21(15)12-9-17(19-8-4-14-24-19)23-18-7-2-6-16-10-13-22-20(16)18/h2,4,6-8,10,13-15,17H,3,5,9,11-12H2,1H3/t15-,17-/m0/s1. The fourth-order valence-electron chi connectivity index (χ4n) is 3.55. The number of thiophene rings is 1. The molecule has 0 bridgehead atoms. The average Bonchev–Trinajstić information content (AvgIpc) is 3.33. The molecule has 0 aliphatic carbocycles. The third kappa shape index (κ3) is 3.21. The number of furan rings is 1. The van der Waals surface area contributed by atoms with Gasteiger partial charge in [0.15, 0.2) is 11.3 Å². The van der Waals surface area contributed by atoms with Crippen molar-refractivity contribution in [2.75, 3.05) is 13.1 Å². The zero-order valence-corrected chi connectivity index (χ0v) is 14.8. The molecule has 0 saturated carbocycles. The van der Waals surface area contributed by atoms with Crippen LogP contribution < -0.4 is 4.74 Å². The molecule has 0 spiro atoms. The summed E-state index contributed by atoms with van der Waals surface area (Å²) < 4.78 is 12.0. The van der Waals surface area contributed by atoms with E-state index in [9.17, 15) is 0 Å². The molecule has 0 amide bonds. The molecular weight excluding hydrogens is 318 g/mol. The molecule has 1 aliphatic rings. The number of fused-ring (bicyclic) bond motifs is 1. The highest BCUT2D eigenvalue weighted by Gasteiger charge is 2.23. The van der Waals surface area contributed by atoms with Crippen molar-refractivity contribution in [3.05, 3.63) is 52.9 Å². The Labute approximate surface area is 146 Å². The highest BCUT2D eigenvalue weighted by molar-refractivity contribution is 7.10. The Morgan fingerprint density at radius 2 is 2.25 bits per heavy atom. The lowest BCUT2D eigenvalue weighted by molar-refractivity contribution is 0.164. The van der Waals surface area contributed by atoms with Gasteiger partial charge in [0.05, 0.1) is 6.26 Å². The molecular formula is C20H23NO2S. The van der Waals surface area contributed by atoms with Crippen LogP contribution in [0.3, 0.4) is 0 Å².